The van der Waals surface area contributed by atoms with Crippen LogP contribution in [0.1, 0.15) is 13.3 Å². The van der Waals surface area contributed by atoms with E-state index in [-0.39, 0.29) is 6.10 Å². The lowest BCUT2D eigenvalue weighted by Gasteiger charge is -2.16. The maximum atomic E-state index is 5.43. The Morgan fingerprint density at radius 1 is 1.46 bits per heavy atom. The van der Waals surface area contributed by atoms with Gasteiger partial charge >= 0.3 is 0 Å². The van der Waals surface area contributed by atoms with Crippen LogP contribution >= 0.6 is 0 Å². The zero-order chi connectivity index (χ0) is 9.10. The van der Waals surface area contributed by atoms with Crippen LogP contribution < -0.4 is 5.32 Å². The molecule has 13 heavy (non-hydrogen) atoms. The summed E-state index contributed by atoms with van der Waals surface area (Å²) in [7, 11) is 0. The molecular weight excluding hydrogens is 166 g/mol. The van der Waals surface area contributed by atoms with Gasteiger partial charge in [0.1, 0.15) is 6.33 Å². The minimum Gasteiger partial charge on any atom is -0.377 e. The summed E-state index contributed by atoms with van der Waals surface area (Å²) in [5.74, 6) is 0. The number of nitrogens with zero attached hydrogens (tertiary/aromatic N) is 2. The summed E-state index contributed by atoms with van der Waals surface area (Å²) in [5.41, 5.74) is 0.963. The molecule has 1 aliphatic rings. The zero-order valence-corrected chi connectivity index (χ0v) is 7.60. The Morgan fingerprint density at radius 2 is 2.23 bits per heavy atom. The first-order valence-electron chi connectivity index (χ1n) is 4.49. The van der Waals surface area contributed by atoms with Gasteiger partial charge in [-0.2, -0.15) is 0 Å². The fraction of sp³-hybridized carbons (Fsp3) is 0.556. The molecule has 1 aliphatic heterocycles. The van der Waals surface area contributed by atoms with Gasteiger partial charge in [-0.3, -0.25) is 0 Å². The Kier molecular flexibility index (Phi) is 2.40. The highest BCUT2D eigenvalue weighted by Crippen LogP contribution is 2.17. The number of hydrogen-bond donors (Lipinski definition) is 1. The van der Waals surface area contributed by atoms with Crippen molar-refractivity contribution in [2.45, 2.75) is 25.5 Å². The molecule has 4 nitrogen and oxygen atoms in total. The van der Waals surface area contributed by atoms with Crippen LogP contribution in [0, 0.1) is 0 Å². The molecule has 0 bridgehead atoms. The van der Waals surface area contributed by atoms with E-state index in [9.17, 15) is 0 Å². The van der Waals surface area contributed by atoms with Crippen molar-refractivity contribution >= 4 is 5.69 Å². The van der Waals surface area contributed by atoms with Crippen LogP contribution in [-0.4, -0.2) is 28.7 Å². The molecule has 2 unspecified atom stereocenters. The Hall–Kier alpha value is -1.16. The lowest BCUT2D eigenvalue weighted by atomic mass is 10.1. The second kappa shape index (κ2) is 3.70. The molecule has 2 rings (SSSR count). The lowest BCUT2D eigenvalue weighted by molar-refractivity contribution is 0.121. The van der Waals surface area contributed by atoms with Crippen LogP contribution in [0.2, 0.25) is 0 Å². The van der Waals surface area contributed by atoms with E-state index in [1.807, 2.05) is 0 Å². The molecule has 0 spiro atoms. The molecular formula is C9H13N3O. The summed E-state index contributed by atoms with van der Waals surface area (Å²) in [6.45, 7) is 2.92. The average molecular weight is 179 g/mol. The molecule has 4 heteroatoms. The quantitative estimate of drug-likeness (QED) is 0.737. The van der Waals surface area contributed by atoms with Gasteiger partial charge in [-0.05, 0) is 13.3 Å². The van der Waals surface area contributed by atoms with Crippen molar-refractivity contribution in [3.63, 3.8) is 0 Å². The van der Waals surface area contributed by atoms with Crippen LogP contribution in [0.5, 0.6) is 0 Å². The Labute approximate surface area is 77.4 Å². The van der Waals surface area contributed by atoms with Gasteiger partial charge in [-0.1, -0.05) is 0 Å². The Morgan fingerprint density at radius 3 is 2.85 bits per heavy atom. The minimum absolute atomic E-state index is 0.278. The van der Waals surface area contributed by atoms with Crippen molar-refractivity contribution in [3.05, 3.63) is 18.7 Å². The number of rotatable bonds is 2. The van der Waals surface area contributed by atoms with Crippen molar-refractivity contribution < 1.29 is 4.74 Å². The fourth-order valence-corrected chi connectivity index (χ4v) is 1.51. The maximum Gasteiger partial charge on any atom is 0.115 e. The van der Waals surface area contributed by atoms with Gasteiger partial charge in [-0.15, -0.1) is 0 Å². The molecule has 0 aromatic carbocycles. The molecule has 70 valence electrons. The summed E-state index contributed by atoms with van der Waals surface area (Å²) >= 11 is 0. The van der Waals surface area contributed by atoms with E-state index in [4.69, 9.17) is 4.74 Å². The topological polar surface area (TPSA) is 47.0 Å². The third-order valence-electron chi connectivity index (χ3n) is 2.29. The van der Waals surface area contributed by atoms with Gasteiger partial charge in [0.2, 0.25) is 0 Å². The van der Waals surface area contributed by atoms with Crippen molar-refractivity contribution in [3.8, 4) is 0 Å². The normalized spacial score (nSPS) is 27.5. The van der Waals surface area contributed by atoms with Gasteiger partial charge < -0.3 is 10.1 Å². The number of aromatic nitrogens is 2. The van der Waals surface area contributed by atoms with Crippen molar-refractivity contribution in [1.29, 1.82) is 0 Å². The van der Waals surface area contributed by atoms with Gasteiger partial charge in [0.15, 0.2) is 0 Å². The Balaban J connectivity index is 1.98. The predicted octanol–water partition coefficient (Wildman–Crippen LogP) is 1.07. The molecule has 0 saturated carbocycles. The predicted molar refractivity (Wildman–Crippen MR) is 49.5 cm³/mol. The number of anilines is 1. The summed E-state index contributed by atoms with van der Waals surface area (Å²) in [6.07, 6.45) is 6.41. The first-order chi connectivity index (χ1) is 6.36. The van der Waals surface area contributed by atoms with Crippen molar-refractivity contribution in [2.24, 2.45) is 0 Å². The highest BCUT2D eigenvalue weighted by Gasteiger charge is 2.23. The SMILES string of the molecule is CC1OCCC1Nc1cncnc1. The van der Waals surface area contributed by atoms with Crippen LogP contribution in [0.25, 0.3) is 0 Å². The molecule has 0 radical (unpaired) electrons. The van der Waals surface area contributed by atoms with E-state index in [1.54, 1.807) is 12.4 Å². The minimum atomic E-state index is 0.278. The molecule has 2 heterocycles. The van der Waals surface area contributed by atoms with Crippen molar-refractivity contribution in [2.75, 3.05) is 11.9 Å². The largest absolute Gasteiger partial charge is 0.377 e. The molecule has 1 fully saturated rings. The third kappa shape index (κ3) is 1.95. The van der Waals surface area contributed by atoms with Crippen molar-refractivity contribution in [1.82, 2.24) is 9.97 Å². The first-order valence-corrected chi connectivity index (χ1v) is 4.49. The average Bonchev–Trinajstić information content (AvgIpc) is 2.54. The molecule has 1 aromatic heterocycles. The highest BCUT2D eigenvalue weighted by atomic mass is 16.5. The summed E-state index contributed by atoms with van der Waals surface area (Å²) < 4.78 is 5.43. The number of ether oxygens (including phenoxy) is 1. The monoisotopic (exact) mass is 179 g/mol. The summed E-state index contributed by atoms with van der Waals surface area (Å²) in [4.78, 5) is 7.87. The fourth-order valence-electron chi connectivity index (χ4n) is 1.51. The number of nitrogens with one attached hydrogen (secondary N) is 1. The first kappa shape index (κ1) is 8.44. The van der Waals surface area contributed by atoms with Gasteiger partial charge in [0.05, 0.1) is 30.2 Å². The Bertz CT molecular complexity index is 265. The maximum absolute atomic E-state index is 5.43. The van der Waals surface area contributed by atoms with Gasteiger partial charge in [0, 0.05) is 6.61 Å². The van der Waals surface area contributed by atoms with Crippen LogP contribution in [0.4, 0.5) is 5.69 Å². The van der Waals surface area contributed by atoms with Crippen LogP contribution in [-0.2, 0) is 4.74 Å². The molecule has 0 aliphatic carbocycles. The molecule has 1 aromatic rings. The van der Waals surface area contributed by atoms with E-state index in [0.717, 1.165) is 18.7 Å². The van der Waals surface area contributed by atoms with E-state index in [0.29, 0.717) is 6.04 Å². The number of hydrogen-bond acceptors (Lipinski definition) is 4. The molecule has 2 atom stereocenters. The second-order valence-corrected chi connectivity index (χ2v) is 3.24. The van der Waals surface area contributed by atoms with Gasteiger partial charge in [-0.25, -0.2) is 9.97 Å². The molecule has 0 amide bonds. The van der Waals surface area contributed by atoms with Gasteiger partial charge in [0.25, 0.3) is 0 Å². The standard InChI is InChI=1S/C9H13N3O/c1-7-9(2-3-13-7)12-8-4-10-6-11-5-8/h4-7,9,12H,2-3H2,1H3. The molecule has 1 N–H and O–H groups in total. The van der Waals surface area contributed by atoms with E-state index < -0.39 is 0 Å². The third-order valence-corrected chi connectivity index (χ3v) is 2.29. The van der Waals surface area contributed by atoms with Crippen LogP contribution in [0.3, 0.4) is 0 Å². The highest BCUT2D eigenvalue weighted by molar-refractivity contribution is 5.38. The summed E-state index contributed by atoms with van der Waals surface area (Å²) in [6, 6.07) is 0.394. The van der Waals surface area contributed by atoms with E-state index in [2.05, 4.69) is 22.2 Å². The van der Waals surface area contributed by atoms with E-state index >= 15 is 0 Å². The molecule has 1 saturated heterocycles. The second-order valence-electron chi connectivity index (χ2n) is 3.24. The van der Waals surface area contributed by atoms with E-state index in [1.165, 1.54) is 6.33 Å². The lowest BCUT2D eigenvalue weighted by Crippen LogP contribution is -2.26. The summed E-state index contributed by atoms with van der Waals surface area (Å²) in [5, 5.41) is 3.34. The van der Waals surface area contributed by atoms with Crippen LogP contribution in [0.15, 0.2) is 18.7 Å². The zero-order valence-electron chi connectivity index (χ0n) is 7.60. The smallest absolute Gasteiger partial charge is 0.115 e.